The third-order valence-electron chi connectivity index (χ3n) is 4.48. The quantitative estimate of drug-likeness (QED) is 0.705. The van der Waals surface area contributed by atoms with E-state index in [1.165, 1.54) is 0 Å². The number of rotatable bonds is 4. The van der Waals surface area contributed by atoms with Gasteiger partial charge in [0.15, 0.2) is 0 Å². The highest BCUT2D eigenvalue weighted by molar-refractivity contribution is 7.89. The van der Waals surface area contributed by atoms with Crippen molar-refractivity contribution in [3.8, 4) is 0 Å². The fourth-order valence-corrected chi connectivity index (χ4v) is 4.48. The second-order valence-electron chi connectivity index (χ2n) is 7.98. The Bertz CT molecular complexity index is 843. The Labute approximate surface area is 168 Å². The van der Waals surface area contributed by atoms with Crippen LogP contribution in [-0.2, 0) is 20.9 Å². The number of nitrogen functional groups attached to an aromatic ring is 1. The maximum Gasteiger partial charge on any atom is 0.418 e. The molecule has 29 heavy (non-hydrogen) atoms. The summed E-state index contributed by atoms with van der Waals surface area (Å²) in [6.45, 7) is 5.87. The van der Waals surface area contributed by atoms with Gasteiger partial charge < -0.3 is 15.8 Å². The third-order valence-corrected chi connectivity index (χ3v) is 6.37. The minimum absolute atomic E-state index is 0.0473. The van der Waals surface area contributed by atoms with E-state index in [0.29, 0.717) is 25.5 Å². The Hall–Kier alpha value is -2.01. The summed E-state index contributed by atoms with van der Waals surface area (Å²) in [5.41, 5.74) is 3.03. The van der Waals surface area contributed by atoms with Gasteiger partial charge in [-0.2, -0.15) is 17.5 Å². The van der Waals surface area contributed by atoms with Crippen LogP contribution >= 0.6 is 0 Å². The molecule has 1 aliphatic rings. The van der Waals surface area contributed by atoms with Crippen LogP contribution in [0.3, 0.4) is 0 Å². The number of halogens is 3. The molecule has 0 saturated carbocycles. The van der Waals surface area contributed by atoms with Crippen LogP contribution in [0.2, 0.25) is 0 Å². The summed E-state index contributed by atoms with van der Waals surface area (Å²) in [6, 6.07) is 2.60. The van der Waals surface area contributed by atoms with Crippen molar-refractivity contribution in [2.24, 2.45) is 5.92 Å². The third kappa shape index (κ3) is 6.23. The Morgan fingerprint density at radius 3 is 2.34 bits per heavy atom. The fourth-order valence-electron chi connectivity index (χ4n) is 2.99. The topological polar surface area (TPSA) is 102 Å². The molecule has 11 heteroatoms. The number of nitrogens with one attached hydrogen (secondary N) is 1. The van der Waals surface area contributed by atoms with E-state index in [0.717, 1.165) is 16.4 Å². The van der Waals surface area contributed by atoms with E-state index in [9.17, 15) is 26.4 Å². The molecule has 3 N–H and O–H groups in total. The molecule has 7 nitrogen and oxygen atoms in total. The number of nitrogens with two attached hydrogens (primary N) is 1. The number of hydrogen-bond donors (Lipinski definition) is 2. The summed E-state index contributed by atoms with van der Waals surface area (Å²) in [5.74, 6) is 0.0473. The van der Waals surface area contributed by atoms with E-state index >= 15 is 0 Å². The first-order chi connectivity index (χ1) is 13.2. The van der Waals surface area contributed by atoms with Gasteiger partial charge in [-0.25, -0.2) is 13.2 Å². The number of alkyl halides is 3. The number of alkyl carbamates (subject to hydrolysis) is 1. The van der Waals surface area contributed by atoms with Crippen LogP contribution in [0.25, 0.3) is 0 Å². The summed E-state index contributed by atoms with van der Waals surface area (Å²) >= 11 is 0. The van der Waals surface area contributed by atoms with Crippen molar-refractivity contribution < 1.29 is 31.1 Å². The second-order valence-corrected chi connectivity index (χ2v) is 9.92. The first-order valence-electron chi connectivity index (χ1n) is 9.14. The number of piperidine rings is 1. The van der Waals surface area contributed by atoms with Crippen molar-refractivity contribution in [2.45, 2.75) is 50.3 Å². The average molecular weight is 437 g/mol. The molecule has 0 aromatic heterocycles. The largest absolute Gasteiger partial charge is 0.444 e. The maximum atomic E-state index is 13.0. The van der Waals surface area contributed by atoms with Crippen LogP contribution in [0, 0.1) is 5.92 Å². The normalized spacial score (nSPS) is 17.2. The molecule has 0 radical (unpaired) electrons. The van der Waals surface area contributed by atoms with E-state index in [-0.39, 0.29) is 19.0 Å². The number of nitrogens with zero attached hydrogens (tertiary/aromatic N) is 1. The smallest absolute Gasteiger partial charge is 0.418 e. The van der Waals surface area contributed by atoms with Crippen LogP contribution in [0.4, 0.5) is 23.7 Å². The van der Waals surface area contributed by atoms with Crippen LogP contribution in [0.15, 0.2) is 23.1 Å². The number of carbonyl (C=O) groups is 1. The lowest BCUT2D eigenvalue weighted by Crippen LogP contribution is -2.42. The molecule has 1 amide bonds. The molecule has 1 heterocycles. The molecule has 0 spiro atoms. The molecule has 0 unspecified atom stereocenters. The van der Waals surface area contributed by atoms with Crippen molar-refractivity contribution in [1.29, 1.82) is 0 Å². The molecule has 164 valence electrons. The van der Waals surface area contributed by atoms with E-state index in [1.807, 2.05) is 0 Å². The predicted molar refractivity (Wildman–Crippen MR) is 102 cm³/mol. The Morgan fingerprint density at radius 2 is 1.83 bits per heavy atom. The molecule has 1 fully saturated rings. The second kappa shape index (κ2) is 8.39. The molecule has 0 aliphatic carbocycles. The molecule has 0 bridgehead atoms. The SMILES string of the molecule is CC(C)(C)OC(=O)NCC1CCN(S(=O)(=O)c2ccc(N)c(C(F)(F)F)c2)CC1. The summed E-state index contributed by atoms with van der Waals surface area (Å²) in [7, 11) is -4.07. The van der Waals surface area contributed by atoms with Crippen molar-refractivity contribution in [3.05, 3.63) is 23.8 Å². The number of ether oxygens (including phenoxy) is 1. The molecule has 1 saturated heterocycles. The van der Waals surface area contributed by atoms with E-state index < -0.39 is 44.0 Å². The summed E-state index contributed by atoms with van der Waals surface area (Å²) in [5, 5.41) is 2.66. The van der Waals surface area contributed by atoms with Crippen LogP contribution in [0.5, 0.6) is 0 Å². The van der Waals surface area contributed by atoms with Gasteiger partial charge in [-0.15, -0.1) is 0 Å². The van der Waals surface area contributed by atoms with Gasteiger partial charge in [0.05, 0.1) is 10.5 Å². The van der Waals surface area contributed by atoms with Gasteiger partial charge in [0, 0.05) is 25.3 Å². The van der Waals surface area contributed by atoms with Gasteiger partial charge >= 0.3 is 12.3 Å². The van der Waals surface area contributed by atoms with Gasteiger partial charge in [0.25, 0.3) is 0 Å². The highest BCUT2D eigenvalue weighted by Gasteiger charge is 2.36. The minimum Gasteiger partial charge on any atom is -0.444 e. The summed E-state index contributed by atoms with van der Waals surface area (Å²) < 4.78 is 70.9. The van der Waals surface area contributed by atoms with Gasteiger partial charge in [-0.05, 0) is 57.7 Å². The number of sulfonamides is 1. The highest BCUT2D eigenvalue weighted by Crippen LogP contribution is 2.35. The first-order valence-corrected chi connectivity index (χ1v) is 10.6. The number of benzene rings is 1. The van der Waals surface area contributed by atoms with Crippen molar-refractivity contribution in [3.63, 3.8) is 0 Å². The summed E-state index contributed by atoms with van der Waals surface area (Å²) in [6.07, 6.45) is -4.35. The number of amides is 1. The van der Waals surface area contributed by atoms with Crippen molar-refractivity contribution in [1.82, 2.24) is 9.62 Å². The average Bonchev–Trinajstić information content (AvgIpc) is 2.58. The maximum absolute atomic E-state index is 13.0. The zero-order valence-corrected chi connectivity index (χ0v) is 17.4. The van der Waals surface area contributed by atoms with E-state index in [4.69, 9.17) is 10.5 Å². The predicted octanol–water partition coefficient (Wildman–Crippen LogP) is 3.21. The number of anilines is 1. The Kier molecular flexibility index (Phi) is 6.73. The Balaban J connectivity index is 1.99. The lowest BCUT2D eigenvalue weighted by atomic mass is 9.98. The van der Waals surface area contributed by atoms with Crippen LogP contribution in [-0.4, -0.2) is 44.1 Å². The van der Waals surface area contributed by atoms with Gasteiger partial charge in [-0.1, -0.05) is 0 Å². The first kappa shape index (κ1) is 23.3. The highest BCUT2D eigenvalue weighted by atomic mass is 32.2. The monoisotopic (exact) mass is 437 g/mol. The van der Waals surface area contributed by atoms with Crippen molar-refractivity contribution in [2.75, 3.05) is 25.4 Å². The number of carbonyl (C=O) groups excluding carboxylic acids is 1. The molecule has 2 rings (SSSR count). The van der Waals surface area contributed by atoms with Gasteiger partial charge in [0.2, 0.25) is 10.0 Å². The zero-order valence-electron chi connectivity index (χ0n) is 16.5. The molecule has 1 aliphatic heterocycles. The molecule has 0 atom stereocenters. The molecule has 1 aromatic carbocycles. The van der Waals surface area contributed by atoms with Crippen LogP contribution in [0.1, 0.15) is 39.2 Å². The van der Waals surface area contributed by atoms with Crippen LogP contribution < -0.4 is 11.1 Å². The Morgan fingerprint density at radius 1 is 1.24 bits per heavy atom. The zero-order chi connectivity index (χ0) is 22.0. The minimum atomic E-state index is -4.74. The van der Waals surface area contributed by atoms with Gasteiger partial charge in [-0.3, -0.25) is 0 Å². The van der Waals surface area contributed by atoms with E-state index in [2.05, 4.69) is 5.32 Å². The fraction of sp³-hybridized carbons (Fsp3) is 0.611. The standard InChI is InChI=1S/C18H26F3N3O4S/c1-17(2,3)28-16(25)23-11-12-6-8-24(9-7-12)29(26,27)13-4-5-15(22)14(10-13)18(19,20)21/h4-5,10,12H,6-9,11,22H2,1-3H3,(H,23,25). The molecular weight excluding hydrogens is 411 g/mol. The van der Waals surface area contributed by atoms with Gasteiger partial charge in [0.1, 0.15) is 5.60 Å². The van der Waals surface area contributed by atoms with Crippen molar-refractivity contribution >= 4 is 21.8 Å². The summed E-state index contributed by atoms with van der Waals surface area (Å²) in [4.78, 5) is 11.3. The van der Waals surface area contributed by atoms with E-state index in [1.54, 1.807) is 20.8 Å². The lowest BCUT2D eigenvalue weighted by Gasteiger charge is -2.31. The molecule has 1 aromatic rings. The number of hydrogen-bond acceptors (Lipinski definition) is 5. The molecular formula is C18H26F3N3O4S. The lowest BCUT2D eigenvalue weighted by molar-refractivity contribution is -0.137.